The molecule has 2 aromatic rings. The average Bonchev–Trinajstić information content (AvgIpc) is 3.30. The van der Waals surface area contributed by atoms with Crippen LogP contribution in [0, 0.1) is 5.92 Å². The minimum atomic E-state index is 0.409. The third-order valence-electron chi connectivity index (χ3n) is 6.84. The Labute approximate surface area is 167 Å². The predicted molar refractivity (Wildman–Crippen MR) is 110 cm³/mol. The van der Waals surface area contributed by atoms with Crippen molar-refractivity contribution in [3.63, 3.8) is 0 Å². The monoisotopic (exact) mass is 380 g/mol. The van der Waals surface area contributed by atoms with Crippen molar-refractivity contribution in [3.8, 4) is 0 Å². The molecule has 0 amide bonds. The highest BCUT2D eigenvalue weighted by Gasteiger charge is 2.32. The summed E-state index contributed by atoms with van der Waals surface area (Å²) in [4.78, 5) is 2.66. The summed E-state index contributed by atoms with van der Waals surface area (Å²) in [5.41, 5.74) is 8.26. The first-order valence-corrected chi connectivity index (χ1v) is 11.1. The number of rotatable bonds is 4. The van der Waals surface area contributed by atoms with E-state index in [2.05, 4.69) is 60.8 Å². The van der Waals surface area contributed by atoms with E-state index in [1.54, 1.807) is 0 Å². The topological polar surface area (TPSA) is 58.0 Å². The first-order valence-electron chi connectivity index (χ1n) is 11.1. The Morgan fingerprint density at radius 1 is 0.964 bits per heavy atom. The molecule has 2 unspecified atom stereocenters. The lowest BCUT2D eigenvalue weighted by Crippen LogP contribution is -2.39. The van der Waals surface area contributed by atoms with Crippen molar-refractivity contribution in [1.82, 2.24) is 30.5 Å². The summed E-state index contributed by atoms with van der Waals surface area (Å²) in [6.07, 6.45) is 7.40. The van der Waals surface area contributed by atoms with Gasteiger partial charge in [0.15, 0.2) is 0 Å². The van der Waals surface area contributed by atoms with Gasteiger partial charge in [-0.2, -0.15) is 0 Å². The molecule has 0 radical (unpaired) electrons. The van der Waals surface area contributed by atoms with Crippen molar-refractivity contribution in [2.75, 3.05) is 26.2 Å². The number of benzene rings is 1. The lowest BCUT2D eigenvalue weighted by molar-refractivity contribution is 0.176. The Balaban J connectivity index is 1.19. The summed E-state index contributed by atoms with van der Waals surface area (Å²) in [6.45, 7) is 5.66. The number of aromatic nitrogens is 3. The smallest absolute Gasteiger partial charge is 0.136 e. The number of piperidine rings is 1. The first kappa shape index (κ1) is 18.3. The number of fused-ring (bicyclic) bond motifs is 1. The van der Waals surface area contributed by atoms with E-state index in [1.165, 1.54) is 62.4 Å². The maximum atomic E-state index is 4.62. The summed E-state index contributed by atoms with van der Waals surface area (Å²) in [6, 6.07) is 11.3. The van der Waals surface area contributed by atoms with Gasteiger partial charge in [-0.05, 0) is 44.3 Å². The fraction of sp³-hybridized carbons (Fsp3) is 0.636. The largest absolute Gasteiger partial charge is 0.315 e. The molecule has 2 atom stereocenters. The zero-order valence-corrected chi connectivity index (χ0v) is 16.7. The Morgan fingerprint density at radius 3 is 2.68 bits per heavy atom. The third kappa shape index (κ3) is 3.73. The van der Waals surface area contributed by atoms with Gasteiger partial charge in [-0.15, -0.1) is 10.2 Å². The van der Waals surface area contributed by atoms with Gasteiger partial charge in [0.25, 0.3) is 0 Å². The van der Waals surface area contributed by atoms with E-state index in [0.717, 1.165) is 26.1 Å². The SMILES string of the molecule is c1ccc(C2NNCC2CN2CCC(c3nnc4n3CCCCC4)CC2)cc1. The van der Waals surface area contributed by atoms with E-state index >= 15 is 0 Å². The number of aryl methyl sites for hydroxylation is 1. The molecular weight excluding hydrogens is 348 g/mol. The molecule has 1 aromatic carbocycles. The number of hydrogen-bond donors (Lipinski definition) is 2. The minimum Gasteiger partial charge on any atom is -0.315 e. The average molecular weight is 381 g/mol. The summed E-state index contributed by atoms with van der Waals surface area (Å²) in [5, 5.41) is 9.14. The predicted octanol–water partition coefficient (Wildman–Crippen LogP) is 2.65. The van der Waals surface area contributed by atoms with Crippen LogP contribution in [0.4, 0.5) is 0 Å². The van der Waals surface area contributed by atoms with Gasteiger partial charge in [-0.25, -0.2) is 5.43 Å². The highest BCUT2D eigenvalue weighted by Crippen LogP contribution is 2.31. The fourth-order valence-electron chi connectivity index (χ4n) is 5.24. The molecule has 2 N–H and O–H groups in total. The first-order chi connectivity index (χ1) is 13.9. The summed E-state index contributed by atoms with van der Waals surface area (Å²) in [7, 11) is 0. The Morgan fingerprint density at radius 2 is 1.82 bits per heavy atom. The Hall–Kier alpha value is -1.76. The van der Waals surface area contributed by atoms with Crippen LogP contribution in [-0.4, -0.2) is 45.8 Å². The minimum absolute atomic E-state index is 0.409. The Bertz CT molecular complexity index is 765. The molecule has 5 rings (SSSR count). The summed E-state index contributed by atoms with van der Waals surface area (Å²) >= 11 is 0. The van der Waals surface area contributed by atoms with Crippen molar-refractivity contribution in [2.24, 2.45) is 5.92 Å². The summed E-state index contributed by atoms with van der Waals surface area (Å²) < 4.78 is 2.45. The van der Waals surface area contributed by atoms with E-state index < -0.39 is 0 Å². The van der Waals surface area contributed by atoms with Crippen molar-refractivity contribution < 1.29 is 0 Å². The number of nitrogens with one attached hydrogen (secondary N) is 2. The van der Waals surface area contributed by atoms with Gasteiger partial charge in [0.1, 0.15) is 11.6 Å². The van der Waals surface area contributed by atoms with Crippen molar-refractivity contribution in [3.05, 3.63) is 47.5 Å². The van der Waals surface area contributed by atoms with E-state index in [0.29, 0.717) is 17.9 Å². The highest BCUT2D eigenvalue weighted by atomic mass is 15.4. The third-order valence-corrected chi connectivity index (χ3v) is 6.84. The van der Waals surface area contributed by atoms with Crippen LogP contribution in [0.3, 0.4) is 0 Å². The number of likely N-dealkylation sites (tertiary alicyclic amines) is 1. The second kappa shape index (κ2) is 8.31. The number of hydrazine groups is 1. The Kier molecular flexibility index (Phi) is 5.43. The van der Waals surface area contributed by atoms with Gasteiger partial charge >= 0.3 is 0 Å². The molecule has 0 spiro atoms. The molecule has 0 saturated carbocycles. The van der Waals surface area contributed by atoms with Gasteiger partial charge in [-0.3, -0.25) is 5.43 Å². The normalized spacial score (nSPS) is 26.9. The summed E-state index contributed by atoms with van der Waals surface area (Å²) in [5.74, 6) is 3.69. The van der Waals surface area contributed by atoms with Crippen LogP contribution in [-0.2, 0) is 13.0 Å². The molecule has 3 aliphatic heterocycles. The fourth-order valence-corrected chi connectivity index (χ4v) is 5.24. The van der Waals surface area contributed by atoms with Gasteiger partial charge < -0.3 is 9.47 Å². The maximum absolute atomic E-state index is 4.62. The molecule has 3 aliphatic rings. The van der Waals surface area contributed by atoms with Gasteiger partial charge in [-0.1, -0.05) is 36.8 Å². The van der Waals surface area contributed by atoms with Crippen LogP contribution in [0.15, 0.2) is 30.3 Å². The quantitative estimate of drug-likeness (QED) is 0.854. The molecule has 1 aromatic heterocycles. The molecule has 150 valence electrons. The second-order valence-electron chi connectivity index (χ2n) is 8.69. The highest BCUT2D eigenvalue weighted by molar-refractivity contribution is 5.20. The van der Waals surface area contributed by atoms with Crippen LogP contribution in [0.25, 0.3) is 0 Å². The van der Waals surface area contributed by atoms with E-state index in [-0.39, 0.29) is 0 Å². The van der Waals surface area contributed by atoms with Gasteiger partial charge in [0, 0.05) is 37.9 Å². The van der Waals surface area contributed by atoms with E-state index in [4.69, 9.17) is 0 Å². The van der Waals surface area contributed by atoms with Crippen LogP contribution < -0.4 is 10.9 Å². The lowest BCUT2D eigenvalue weighted by Gasteiger charge is -2.34. The zero-order valence-electron chi connectivity index (χ0n) is 16.7. The van der Waals surface area contributed by atoms with Crippen molar-refractivity contribution in [2.45, 2.75) is 57.0 Å². The lowest BCUT2D eigenvalue weighted by atomic mass is 9.91. The molecule has 6 heteroatoms. The molecule has 2 fully saturated rings. The van der Waals surface area contributed by atoms with E-state index in [1.807, 2.05) is 0 Å². The molecule has 0 aliphatic carbocycles. The molecule has 6 nitrogen and oxygen atoms in total. The number of hydrogen-bond acceptors (Lipinski definition) is 5. The second-order valence-corrected chi connectivity index (χ2v) is 8.69. The van der Waals surface area contributed by atoms with Gasteiger partial charge in [0.2, 0.25) is 0 Å². The molecule has 0 bridgehead atoms. The van der Waals surface area contributed by atoms with Gasteiger partial charge in [0.05, 0.1) is 6.04 Å². The molecular formula is C22H32N6. The van der Waals surface area contributed by atoms with Crippen LogP contribution >= 0.6 is 0 Å². The molecule has 2 saturated heterocycles. The van der Waals surface area contributed by atoms with Crippen molar-refractivity contribution in [1.29, 1.82) is 0 Å². The van der Waals surface area contributed by atoms with Crippen LogP contribution in [0.1, 0.15) is 61.3 Å². The van der Waals surface area contributed by atoms with Crippen LogP contribution in [0.2, 0.25) is 0 Å². The molecule has 4 heterocycles. The van der Waals surface area contributed by atoms with E-state index in [9.17, 15) is 0 Å². The molecule has 28 heavy (non-hydrogen) atoms. The zero-order chi connectivity index (χ0) is 18.8. The standard InChI is InChI=1S/C22H32N6/c1-3-7-17(8-4-1)21-19(15-23-25-21)16-27-13-10-18(11-14-27)22-26-24-20-9-5-2-6-12-28(20)22/h1,3-4,7-8,18-19,21,23,25H,2,5-6,9-16H2. The van der Waals surface area contributed by atoms with Crippen LogP contribution in [0.5, 0.6) is 0 Å². The van der Waals surface area contributed by atoms with Crippen molar-refractivity contribution >= 4 is 0 Å². The number of nitrogens with zero attached hydrogens (tertiary/aromatic N) is 4. The maximum Gasteiger partial charge on any atom is 0.136 e.